The van der Waals surface area contributed by atoms with Crippen molar-refractivity contribution in [2.75, 3.05) is 7.05 Å². The summed E-state index contributed by atoms with van der Waals surface area (Å²) in [5, 5.41) is 1.86. The fraction of sp³-hybridized carbons (Fsp3) is 0.333. The van der Waals surface area contributed by atoms with E-state index in [1.54, 1.807) is 0 Å². The fourth-order valence-corrected chi connectivity index (χ4v) is 1.32. The van der Waals surface area contributed by atoms with Gasteiger partial charge in [-0.1, -0.05) is 24.3 Å². The van der Waals surface area contributed by atoms with Gasteiger partial charge >= 0.3 is 0 Å². The minimum atomic E-state index is 0.715. The lowest BCUT2D eigenvalue weighted by molar-refractivity contribution is -0.168. The van der Waals surface area contributed by atoms with E-state index < -0.39 is 0 Å². The number of fused-ring (bicyclic) bond motifs is 1. The van der Waals surface area contributed by atoms with Crippen LogP contribution >= 0.6 is 0 Å². The first-order valence-corrected chi connectivity index (χ1v) is 3.77. The van der Waals surface area contributed by atoms with Crippen LogP contribution in [0.5, 0.6) is 0 Å². The Hall–Kier alpha value is -0.860. The molecular weight excluding hydrogens is 138 g/mol. The van der Waals surface area contributed by atoms with E-state index in [1.165, 1.54) is 11.1 Å². The molecule has 1 aliphatic rings. The first-order valence-electron chi connectivity index (χ1n) is 3.77. The van der Waals surface area contributed by atoms with Crippen LogP contribution in [-0.4, -0.2) is 12.1 Å². The lowest BCUT2D eigenvalue weighted by Gasteiger charge is -2.24. The monoisotopic (exact) mass is 149 g/mol. The zero-order chi connectivity index (χ0) is 7.68. The summed E-state index contributed by atoms with van der Waals surface area (Å²) in [6.07, 6.45) is 0. The summed E-state index contributed by atoms with van der Waals surface area (Å²) in [6, 6.07) is 8.38. The summed E-state index contributed by atoms with van der Waals surface area (Å²) in [5.41, 5.74) is 2.69. The second-order valence-electron chi connectivity index (χ2n) is 2.83. The van der Waals surface area contributed by atoms with Gasteiger partial charge in [0.25, 0.3) is 0 Å². The van der Waals surface area contributed by atoms with Crippen LogP contribution in [-0.2, 0) is 18.0 Å². The Morgan fingerprint density at radius 1 is 1.27 bits per heavy atom. The molecule has 0 radical (unpaired) electrons. The Morgan fingerprint density at radius 2 is 2.00 bits per heavy atom. The maximum Gasteiger partial charge on any atom is 0.0939 e. The van der Waals surface area contributed by atoms with Gasteiger partial charge in [0.15, 0.2) is 0 Å². The van der Waals surface area contributed by atoms with Crippen LogP contribution < -0.4 is 0 Å². The van der Waals surface area contributed by atoms with Crippen molar-refractivity contribution >= 4 is 0 Å². The first-order chi connectivity index (χ1) is 5.36. The Bertz CT molecular complexity index is 259. The zero-order valence-electron chi connectivity index (χ0n) is 6.58. The van der Waals surface area contributed by atoms with Crippen LogP contribution in [0.2, 0.25) is 0 Å². The standard InChI is InChI=1S/C9H11NO/c1-10-6-8-4-2-3-5-9(8)7-11-10/h2-5H,6-7H2,1H3. The molecule has 1 heterocycles. The molecule has 2 nitrogen and oxygen atoms in total. The minimum Gasteiger partial charge on any atom is -0.294 e. The van der Waals surface area contributed by atoms with E-state index in [4.69, 9.17) is 4.84 Å². The fourth-order valence-electron chi connectivity index (χ4n) is 1.32. The molecule has 1 aromatic carbocycles. The molecule has 0 saturated carbocycles. The average molecular weight is 149 g/mol. The SMILES string of the molecule is CN1Cc2ccccc2CO1. The Morgan fingerprint density at radius 3 is 2.82 bits per heavy atom. The zero-order valence-corrected chi connectivity index (χ0v) is 6.58. The molecule has 1 aliphatic heterocycles. The molecule has 0 spiro atoms. The van der Waals surface area contributed by atoms with Crippen molar-refractivity contribution in [2.45, 2.75) is 13.2 Å². The van der Waals surface area contributed by atoms with E-state index in [0.29, 0.717) is 6.61 Å². The third kappa shape index (κ3) is 1.27. The summed E-state index contributed by atoms with van der Waals surface area (Å²) in [4.78, 5) is 5.34. The number of benzene rings is 1. The van der Waals surface area contributed by atoms with Gasteiger partial charge in [0, 0.05) is 13.6 Å². The lowest BCUT2D eigenvalue weighted by atomic mass is 10.1. The maximum atomic E-state index is 5.34. The summed E-state index contributed by atoms with van der Waals surface area (Å²) < 4.78 is 0. The van der Waals surface area contributed by atoms with E-state index in [1.807, 2.05) is 18.2 Å². The summed E-state index contributed by atoms with van der Waals surface area (Å²) >= 11 is 0. The number of rotatable bonds is 0. The highest BCUT2D eigenvalue weighted by atomic mass is 16.7. The van der Waals surface area contributed by atoms with Crippen molar-refractivity contribution in [3.8, 4) is 0 Å². The van der Waals surface area contributed by atoms with Gasteiger partial charge < -0.3 is 0 Å². The molecule has 0 unspecified atom stereocenters. The van der Waals surface area contributed by atoms with Gasteiger partial charge in [0.05, 0.1) is 6.61 Å². The highest BCUT2D eigenvalue weighted by Gasteiger charge is 2.11. The second kappa shape index (κ2) is 2.64. The Labute approximate surface area is 66.3 Å². The molecule has 1 aromatic rings. The Kier molecular flexibility index (Phi) is 1.64. The maximum absolute atomic E-state index is 5.34. The molecule has 0 N–H and O–H groups in total. The smallest absolute Gasteiger partial charge is 0.0939 e. The van der Waals surface area contributed by atoms with E-state index in [0.717, 1.165) is 6.54 Å². The van der Waals surface area contributed by atoms with Gasteiger partial charge in [-0.3, -0.25) is 4.84 Å². The molecule has 11 heavy (non-hydrogen) atoms. The molecule has 0 aliphatic carbocycles. The Balaban J connectivity index is 2.34. The van der Waals surface area contributed by atoms with Crippen LogP contribution in [0.1, 0.15) is 11.1 Å². The topological polar surface area (TPSA) is 12.5 Å². The van der Waals surface area contributed by atoms with Gasteiger partial charge in [-0.05, 0) is 11.1 Å². The molecule has 0 saturated heterocycles. The van der Waals surface area contributed by atoms with Gasteiger partial charge in [-0.15, -0.1) is 0 Å². The molecule has 0 atom stereocenters. The van der Waals surface area contributed by atoms with E-state index in [2.05, 4.69) is 18.2 Å². The molecule has 0 amide bonds. The number of hydrogen-bond donors (Lipinski definition) is 0. The molecule has 2 rings (SSSR count). The van der Waals surface area contributed by atoms with Crippen molar-refractivity contribution in [2.24, 2.45) is 0 Å². The van der Waals surface area contributed by atoms with Crippen molar-refractivity contribution < 1.29 is 4.84 Å². The third-order valence-corrected chi connectivity index (χ3v) is 1.95. The largest absolute Gasteiger partial charge is 0.294 e. The summed E-state index contributed by atoms with van der Waals surface area (Å²) in [7, 11) is 1.95. The van der Waals surface area contributed by atoms with Crippen LogP contribution in [0.3, 0.4) is 0 Å². The molecular formula is C9H11NO. The number of hydrogen-bond acceptors (Lipinski definition) is 2. The van der Waals surface area contributed by atoms with Crippen molar-refractivity contribution in [1.29, 1.82) is 0 Å². The average Bonchev–Trinajstić information content (AvgIpc) is 2.04. The van der Waals surface area contributed by atoms with Gasteiger partial charge in [0.1, 0.15) is 0 Å². The van der Waals surface area contributed by atoms with Crippen LogP contribution in [0.4, 0.5) is 0 Å². The van der Waals surface area contributed by atoms with Crippen molar-refractivity contribution in [1.82, 2.24) is 5.06 Å². The molecule has 0 bridgehead atoms. The minimum absolute atomic E-state index is 0.715. The predicted octanol–water partition coefficient (Wildman–Crippen LogP) is 1.56. The summed E-state index contributed by atoms with van der Waals surface area (Å²) in [5.74, 6) is 0. The molecule has 0 fully saturated rings. The molecule has 58 valence electrons. The highest BCUT2D eigenvalue weighted by molar-refractivity contribution is 5.26. The van der Waals surface area contributed by atoms with Gasteiger partial charge in [-0.2, -0.15) is 5.06 Å². The summed E-state index contributed by atoms with van der Waals surface area (Å²) in [6.45, 7) is 1.61. The molecule has 0 aromatic heterocycles. The molecule has 2 heteroatoms. The van der Waals surface area contributed by atoms with E-state index in [9.17, 15) is 0 Å². The van der Waals surface area contributed by atoms with Crippen LogP contribution in [0.15, 0.2) is 24.3 Å². The van der Waals surface area contributed by atoms with Crippen molar-refractivity contribution in [3.63, 3.8) is 0 Å². The third-order valence-electron chi connectivity index (χ3n) is 1.95. The van der Waals surface area contributed by atoms with Crippen molar-refractivity contribution in [3.05, 3.63) is 35.4 Å². The van der Waals surface area contributed by atoms with E-state index >= 15 is 0 Å². The quantitative estimate of drug-likeness (QED) is 0.555. The predicted molar refractivity (Wildman–Crippen MR) is 42.7 cm³/mol. The van der Waals surface area contributed by atoms with Gasteiger partial charge in [-0.25, -0.2) is 0 Å². The van der Waals surface area contributed by atoms with Gasteiger partial charge in [0.2, 0.25) is 0 Å². The number of hydroxylamine groups is 2. The van der Waals surface area contributed by atoms with Crippen LogP contribution in [0.25, 0.3) is 0 Å². The van der Waals surface area contributed by atoms with E-state index in [-0.39, 0.29) is 0 Å². The second-order valence-corrected chi connectivity index (χ2v) is 2.83. The number of nitrogens with zero attached hydrogens (tertiary/aromatic N) is 1. The lowest BCUT2D eigenvalue weighted by Crippen LogP contribution is -2.23. The van der Waals surface area contributed by atoms with Crippen LogP contribution in [0, 0.1) is 0 Å². The normalized spacial score (nSPS) is 17.9. The first kappa shape index (κ1) is 6.83. The highest BCUT2D eigenvalue weighted by Crippen LogP contribution is 2.17.